The number of benzene rings is 2. The monoisotopic (exact) mass is 432 g/mol. The van der Waals surface area contributed by atoms with Crippen molar-refractivity contribution in [3.05, 3.63) is 78.2 Å². The van der Waals surface area contributed by atoms with Gasteiger partial charge < -0.3 is 19.3 Å². The fourth-order valence-electron chi connectivity index (χ4n) is 3.01. The maximum atomic E-state index is 12.9. The number of amides is 1. The van der Waals surface area contributed by atoms with Crippen LogP contribution in [0.3, 0.4) is 0 Å². The molecule has 0 aliphatic heterocycles. The first kappa shape index (κ1) is 20.9. The number of aryl methyl sites for hydroxylation is 1. The third-order valence-corrected chi connectivity index (χ3v) is 4.55. The Morgan fingerprint density at radius 2 is 1.84 bits per heavy atom. The van der Waals surface area contributed by atoms with E-state index in [0.717, 1.165) is 5.69 Å². The van der Waals surface area contributed by atoms with Crippen molar-refractivity contribution in [1.29, 1.82) is 0 Å². The molecule has 0 spiro atoms. The van der Waals surface area contributed by atoms with Gasteiger partial charge in [0.2, 0.25) is 0 Å². The summed E-state index contributed by atoms with van der Waals surface area (Å²) in [6, 6.07) is 18.1. The Labute approximate surface area is 183 Å². The lowest BCUT2D eigenvalue weighted by Gasteiger charge is -2.05. The Morgan fingerprint density at radius 1 is 1.09 bits per heavy atom. The van der Waals surface area contributed by atoms with Crippen LogP contribution in [0.25, 0.3) is 16.9 Å². The van der Waals surface area contributed by atoms with Crippen LogP contribution in [-0.2, 0) is 9.53 Å². The summed E-state index contributed by atoms with van der Waals surface area (Å²) < 4.78 is 16.9. The van der Waals surface area contributed by atoms with Crippen molar-refractivity contribution in [3.8, 4) is 22.7 Å². The van der Waals surface area contributed by atoms with Crippen molar-refractivity contribution < 1.29 is 23.6 Å². The van der Waals surface area contributed by atoms with Gasteiger partial charge in [-0.1, -0.05) is 23.4 Å². The Morgan fingerprint density at radius 3 is 2.50 bits per heavy atom. The molecule has 0 saturated carbocycles. The summed E-state index contributed by atoms with van der Waals surface area (Å²) in [5.41, 5.74) is 2.13. The molecule has 32 heavy (non-hydrogen) atoms. The molecule has 0 aliphatic carbocycles. The molecule has 1 N–H and O–H groups in total. The van der Waals surface area contributed by atoms with Gasteiger partial charge in [0.05, 0.1) is 12.8 Å². The lowest BCUT2D eigenvalue weighted by Crippen LogP contribution is -2.21. The first-order chi connectivity index (χ1) is 15.5. The third kappa shape index (κ3) is 4.67. The highest BCUT2D eigenvalue weighted by atomic mass is 16.5. The molecule has 2 heterocycles. The SMILES string of the molecule is COc1ccc(-c2nn(-c3ccccc3)cc2C(=O)OCC(=O)Nc2cc(C)on2)cc1. The minimum Gasteiger partial charge on any atom is -0.497 e. The number of esters is 1. The minimum absolute atomic E-state index is 0.226. The van der Waals surface area contributed by atoms with Gasteiger partial charge in [-0.15, -0.1) is 0 Å². The number of anilines is 1. The zero-order chi connectivity index (χ0) is 22.5. The number of rotatable bonds is 7. The van der Waals surface area contributed by atoms with Crippen molar-refractivity contribution >= 4 is 17.7 Å². The molecule has 0 radical (unpaired) electrons. The average Bonchev–Trinajstić information content (AvgIpc) is 3.44. The number of nitrogens with one attached hydrogen (secondary N) is 1. The van der Waals surface area contributed by atoms with Gasteiger partial charge >= 0.3 is 5.97 Å². The highest BCUT2D eigenvalue weighted by Crippen LogP contribution is 2.26. The van der Waals surface area contributed by atoms with E-state index in [9.17, 15) is 9.59 Å². The fourth-order valence-corrected chi connectivity index (χ4v) is 3.01. The van der Waals surface area contributed by atoms with Crippen LogP contribution < -0.4 is 10.1 Å². The molecule has 9 heteroatoms. The average molecular weight is 432 g/mol. The standard InChI is InChI=1S/C23H20N4O5/c1-15-12-20(26-32-15)24-21(28)14-31-23(29)19-13-27(17-6-4-3-5-7-17)25-22(19)16-8-10-18(30-2)11-9-16/h3-13H,14H2,1-2H3,(H,24,26,28). The number of nitrogens with zero attached hydrogens (tertiary/aromatic N) is 3. The first-order valence-electron chi connectivity index (χ1n) is 9.73. The van der Waals surface area contributed by atoms with E-state index < -0.39 is 18.5 Å². The van der Waals surface area contributed by atoms with Crippen LogP contribution >= 0.6 is 0 Å². The van der Waals surface area contributed by atoms with E-state index in [2.05, 4.69) is 15.6 Å². The van der Waals surface area contributed by atoms with Crippen LogP contribution in [0.2, 0.25) is 0 Å². The second kappa shape index (κ2) is 9.17. The Kier molecular flexibility index (Phi) is 5.98. The largest absolute Gasteiger partial charge is 0.497 e. The summed E-state index contributed by atoms with van der Waals surface area (Å²) in [4.78, 5) is 25.0. The fraction of sp³-hybridized carbons (Fsp3) is 0.130. The molecule has 0 aliphatic rings. The van der Waals surface area contributed by atoms with Crippen LogP contribution in [-0.4, -0.2) is 40.5 Å². The van der Waals surface area contributed by atoms with E-state index in [1.807, 2.05) is 30.3 Å². The minimum atomic E-state index is -0.676. The van der Waals surface area contributed by atoms with Crippen LogP contribution in [0.1, 0.15) is 16.1 Å². The highest BCUT2D eigenvalue weighted by molar-refractivity contribution is 5.98. The normalized spacial score (nSPS) is 10.6. The molecule has 4 rings (SSSR count). The number of para-hydroxylation sites is 1. The van der Waals surface area contributed by atoms with Crippen LogP contribution in [0, 0.1) is 6.92 Å². The van der Waals surface area contributed by atoms with Crippen molar-refractivity contribution in [1.82, 2.24) is 14.9 Å². The quantitative estimate of drug-likeness (QED) is 0.444. The zero-order valence-corrected chi connectivity index (χ0v) is 17.4. The zero-order valence-electron chi connectivity index (χ0n) is 17.4. The van der Waals surface area contributed by atoms with Gasteiger partial charge in [0.25, 0.3) is 5.91 Å². The summed E-state index contributed by atoms with van der Waals surface area (Å²) in [6.07, 6.45) is 1.58. The molecule has 2 aromatic heterocycles. The molecule has 9 nitrogen and oxygen atoms in total. The molecule has 0 saturated heterocycles. The van der Waals surface area contributed by atoms with Crippen LogP contribution in [0.15, 0.2) is 71.4 Å². The Balaban J connectivity index is 1.57. The Hall–Kier alpha value is -4.40. The maximum Gasteiger partial charge on any atom is 0.342 e. The van der Waals surface area contributed by atoms with E-state index in [-0.39, 0.29) is 11.4 Å². The van der Waals surface area contributed by atoms with Gasteiger partial charge in [-0.05, 0) is 43.3 Å². The maximum absolute atomic E-state index is 12.9. The predicted molar refractivity (Wildman–Crippen MR) is 116 cm³/mol. The van der Waals surface area contributed by atoms with E-state index in [1.165, 1.54) is 0 Å². The molecule has 0 unspecified atom stereocenters. The molecule has 162 valence electrons. The molecular formula is C23H20N4O5. The van der Waals surface area contributed by atoms with Gasteiger partial charge in [-0.3, -0.25) is 4.79 Å². The summed E-state index contributed by atoms with van der Waals surface area (Å²) in [7, 11) is 1.58. The van der Waals surface area contributed by atoms with E-state index in [0.29, 0.717) is 22.8 Å². The lowest BCUT2D eigenvalue weighted by molar-refractivity contribution is -0.119. The summed E-state index contributed by atoms with van der Waals surface area (Å²) in [5.74, 6) is 0.270. The number of carbonyl (C=O) groups is 2. The number of aromatic nitrogens is 3. The first-order valence-corrected chi connectivity index (χ1v) is 9.73. The summed E-state index contributed by atoms with van der Waals surface area (Å²) in [5, 5.41) is 10.8. The topological polar surface area (TPSA) is 108 Å². The van der Waals surface area contributed by atoms with Crippen molar-refractivity contribution in [3.63, 3.8) is 0 Å². The molecule has 1 amide bonds. The van der Waals surface area contributed by atoms with Crippen molar-refractivity contribution in [2.24, 2.45) is 0 Å². The van der Waals surface area contributed by atoms with Crippen LogP contribution in [0.4, 0.5) is 5.82 Å². The Bertz CT molecular complexity index is 1230. The van der Waals surface area contributed by atoms with Gasteiger partial charge in [0, 0.05) is 17.8 Å². The summed E-state index contributed by atoms with van der Waals surface area (Å²) >= 11 is 0. The number of ether oxygens (including phenoxy) is 2. The van der Waals surface area contributed by atoms with E-state index >= 15 is 0 Å². The second-order valence-electron chi connectivity index (χ2n) is 6.85. The number of hydrogen-bond donors (Lipinski definition) is 1. The predicted octanol–water partition coefficient (Wildman–Crippen LogP) is 3.64. The second-order valence-corrected chi connectivity index (χ2v) is 6.85. The molecule has 0 fully saturated rings. The summed E-state index contributed by atoms with van der Waals surface area (Å²) in [6.45, 7) is 1.22. The van der Waals surface area contributed by atoms with Gasteiger partial charge in [0.15, 0.2) is 12.4 Å². The molecule has 0 atom stereocenters. The molecular weight excluding hydrogens is 412 g/mol. The molecule has 4 aromatic rings. The number of hydrogen-bond acceptors (Lipinski definition) is 7. The highest BCUT2D eigenvalue weighted by Gasteiger charge is 2.21. The molecule has 0 bridgehead atoms. The van der Waals surface area contributed by atoms with Gasteiger partial charge in [-0.25, -0.2) is 9.48 Å². The lowest BCUT2D eigenvalue weighted by atomic mass is 10.1. The van der Waals surface area contributed by atoms with Crippen molar-refractivity contribution in [2.45, 2.75) is 6.92 Å². The van der Waals surface area contributed by atoms with Crippen LogP contribution in [0.5, 0.6) is 5.75 Å². The van der Waals surface area contributed by atoms with E-state index in [1.54, 1.807) is 55.2 Å². The van der Waals surface area contributed by atoms with E-state index in [4.69, 9.17) is 14.0 Å². The van der Waals surface area contributed by atoms with Gasteiger partial charge in [0.1, 0.15) is 22.8 Å². The smallest absolute Gasteiger partial charge is 0.342 e. The molecule has 2 aromatic carbocycles. The number of carbonyl (C=O) groups excluding carboxylic acids is 2. The van der Waals surface area contributed by atoms with Crippen molar-refractivity contribution in [2.75, 3.05) is 19.0 Å². The third-order valence-electron chi connectivity index (χ3n) is 4.55. The number of methoxy groups -OCH3 is 1. The van der Waals surface area contributed by atoms with Gasteiger partial charge in [-0.2, -0.15) is 5.10 Å².